The van der Waals surface area contributed by atoms with Crippen molar-refractivity contribution in [1.29, 1.82) is 0 Å². The molecule has 0 radical (unpaired) electrons. The van der Waals surface area contributed by atoms with Crippen molar-refractivity contribution in [3.05, 3.63) is 41.2 Å². The number of aryl methyl sites for hydroxylation is 1. The molecule has 2 aliphatic rings. The number of aromatic nitrogens is 2. The average Bonchev–Trinajstić information content (AvgIpc) is 2.71. The number of benzene rings is 1. The monoisotopic (exact) mass is 373 g/mol. The lowest BCUT2D eigenvalue weighted by Gasteiger charge is -2.37. The number of morpholine rings is 1. The molecule has 0 unspecified atom stereocenters. The van der Waals surface area contributed by atoms with Crippen molar-refractivity contribution in [2.45, 2.75) is 6.92 Å². The Labute approximate surface area is 159 Å². The molecule has 0 saturated carbocycles. The number of ether oxygens (including phenoxy) is 1. The highest BCUT2D eigenvalue weighted by atomic mass is 35.5. The zero-order valence-electron chi connectivity index (χ0n) is 15.1. The third-order valence-electron chi connectivity index (χ3n) is 5.09. The molecule has 1 aromatic heterocycles. The number of anilines is 3. The Morgan fingerprint density at radius 1 is 0.846 bits per heavy atom. The summed E-state index contributed by atoms with van der Waals surface area (Å²) in [7, 11) is 0. The molecule has 7 heteroatoms. The largest absolute Gasteiger partial charge is 0.378 e. The fourth-order valence-corrected chi connectivity index (χ4v) is 3.74. The van der Waals surface area contributed by atoms with Crippen LogP contribution < -0.4 is 14.7 Å². The van der Waals surface area contributed by atoms with Crippen LogP contribution in [0.1, 0.15) is 5.56 Å². The van der Waals surface area contributed by atoms with Crippen LogP contribution in [0.4, 0.5) is 17.3 Å². The molecule has 2 aromatic rings. The standard InChI is InChI=1S/C19H24ClN5O/c1-15-2-3-16(20)12-17(15)23-4-6-24(7-5-23)18-13-19(22-14-21-18)25-8-10-26-11-9-25/h2-3,12-14H,4-11H2,1H3. The van der Waals surface area contributed by atoms with Crippen LogP contribution >= 0.6 is 11.6 Å². The van der Waals surface area contributed by atoms with Gasteiger partial charge in [0.25, 0.3) is 0 Å². The maximum atomic E-state index is 6.18. The van der Waals surface area contributed by atoms with Crippen molar-refractivity contribution in [3.8, 4) is 0 Å². The van der Waals surface area contributed by atoms with Crippen LogP contribution in [0.15, 0.2) is 30.6 Å². The minimum absolute atomic E-state index is 0.761. The molecular formula is C19H24ClN5O. The van der Waals surface area contributed by atoms with Crippen LogP contribution in [-0.4, -0.2) is 62.5 Å². The Balaban J connectivity index is 1.44. The highest BCUT2D eigenvalue weighted by Gasteiger charge is 2.21. The molecule has 0 spiro atoms. The summed E-state index contributed by atoms with van der Waals surface area (Å²) >= 11 is 6.18. The minimum atomic E-state index is 0.761. The molecular weight excluding hydrogens is 350 g/mol. The number of halogens is 1. The van der Waals surface area contributed by atoms with Crippen LogP contribution in [0.3, 0.4) is 0 Å². The van der Waals surface area contributed by atoms with Gasteiger partial charge in [-0.15, -0.1) is 0 Å². The van der Waals surface area contributed by atoms with Gasteiger partial charge in [-0.05, 0) is 24.6 Å². The van der Waals surface area contributed by atoms with E-state index < -0.39 is 0 Å². The molecule has 0 atom stereocenters. The van der Waals surface area contributed by atoms with Crippen LogP contribution in [0.25, 0.3) is 0 Å². The second-order valence-corrected chi connectivity index (χ2v) is 7.18. The second kappa shape index (κ2) is 7.68. The van der Waals surface area contributed by atoms with Crippen LogP contribution in [0.5, 0.6) is 0 Å². The molecule has 2 fully saturated rings. The lowest BCUT2D eigenvalue weighted by atomic mass is 10.1. The molecule has 0 N–H and O–H groups in total. The summed E-state index contributed by atoms with van der Waals surface area (Å²) in [6, 6.07) is 8.20. The van der Waals surface area contributed by atoms with Gasteiger partial charge in [-0.3, -0.25) is 0 Å². The topological polar surface area (TPSA) is 44.7 Å². The molecule has 4 rings (SSSR count). The van der Waals surface area contributed by atoms with E-state index in [-0.39, 0.29) is 0 Å². The third-order valence-corrected chi connectivity index (χ3v) is 5.32. The quantitative estimate of drug-likeness (QED) is 0.824. The molecule has 138 valence electrons. The molecule has 0 amide bonds. The van der Waals surface area contributed by atoms with Crippen LogP contribution in [0, 0.1) is 6.92 Å². The first-order valence-electron chi connectivity index (χ1n) is 9.11. The predicted molar refractivity (Wildman–Crippen MR) is 106 cm³/mol. The van der Waals surface area contributed by atoms with E-state index in [2.05, 4.69) is 49.8 Å². The molecule has 3 heterocycles. The van der Waals surface area contributed by atoms with E-state index in [0.717, 1.165) is 69.1 Å². The van der Waals surface area contributed by atoms with Gasteiger partial charge in [0.1, 0.15) is 18.0 Å². The fraction of sp³-hybridized carbons (Fsp3) is 0.474. The fourth-order valence-electron chi connectivity index (χ4n) is 3.58. The molecule has 2 aliphatic heterocycles. The summed E-state index contributed by atoms with van der Waals surface area (Å²) < 4.78 is 5.43. The zero-order chi connectivity index (χ0) is 17.9. The summed E-state index contributed by atoms with van der Waals surface area (Å²) in [6.07, 6.45) is 1.67. The van der Waals surface area contributed by atoms with Gasteiger partial charge in [0.15, 0.2) is 0 Å². The maximum Gasteiger partial charge on any atom is 0.134 e. The minimum Gasteiger partial charge on any atom is -0.378 e. The van der Waals surface area contributed by atoms with Crippen molar-refractivity contribution in [1.82, 2.24) is 9.97 Å². The molecule has 26 heavy (non-hydrogen) atoms. The second-order valence-electron chi connectivity index (χ2n) is 6.74. The van der Waals surface area contributed by atoms with Gasteiger partial charge < -0.3 is 19.4 Å². The number of piperazine rings is 1. The number of hydrogen-bond acceptors (Lipinski definition) is 6. The maximum absolute atomic E-state index is 6.18. The Kier molecular flexibility index (Phi) is 5.13. The first-order chi connectivity index (χ1) is 12.7. The summed E-state index contributed by atoms with van der Waals surface area (Å²) in [4.78, 5) is 16.0. The molecule has 2 saturated heterocycles. The third kappa shape index (κ3) is 3.71. The van der Waals surface area contributed by atoms with Gasteiger partial charge in [0.05, 0.1) is 13.2 Å². The summed E-state index contributed by atoms with van der Waals surface area (Å²) in [5, 5.41) is 0.791. The molecule has 6 nitrogen and oxygen atoms in total. The summed E-state index contributed by atoms with van der Waals surface area (Å²) in [5.41, 5.74) is 2.49. The molecule has 0 aliphatic carbocycles. The lowest BCUT2D eigenvalue weighted by molar-refractivity contribution is 0.122. The molecule has 1 aromatic carbocycles. The number of nitrogens with zero attached hydrogens (tertiary/aromatic N) is 5. The van der Waals surface area contributed by atoms with Crippen molar-refractivity contribution >= 4 is 28.9 Å². The van der Waals surface area contributed by atoms with E-state index in [9.17, 15) is 0 Å². The first-order valence-corrected chi connectivity index (χ1v) is 9.49. The van der Waals surface area contributed by atoms with Crippen molar-refractivity contribution < 1.29 is 4.74 Å². The van der Waals surface area contributed by atoms with E-state index in [1.54, 1.807) is 6.33 Å². The lowest BCUT2D eigenvalue weighted by Crippen LogP contribution is -2.47. The first kappa shape index (κ1) is 17.4. The summed E-state index contributed by atoms with van der Waals surface area (Å²) in [6.45, 7) is 9.22. The van der Waals surface area contributed by atoms with Gasteiger partial charge in [0.2, 0.25) is 0 Å². The smallest absolute Gasteiger partial charge is 0.134 e. The predicted octanol–water partition coefficient (Wildman–Crippen LogP) is 2.60. The van der Waals surface area contributed by atoms with E-state index in [0.29, 0.717) is 0 Å². The van der Waals surface area contributed by atoms with Crippen molar-refractivity contribution in [3.63, 3.8) is 0 Å². The average molecular weight is 374 g/mol. The van der Waals surface area contributed by atoms with Gasteiger partial charge >= 0.3 is 0 Å². The van der Waals surface area contributed by atoms with Crippen molar-refractivity contribution in [2.75, 3.05) is 67.2 Å². The van der Waals surface area contributed by atoms with Gasteiger partial charge in [0, 0.05) is 56.0 Å². The van der Waals surface area contributed by atoms with E-state index in [4.69, 9.17) is 16.3 Å². The van der Waals surface area contributed by atoms with Gasteiger partial charge in [-0.25, -0.2) is 9.97 Å². The van der Waals surface area contributed by atoms with Gasteiger partial charge in [-0.2, -0.15) is 0 Å². The Bertz CT molecular complexity index is 757. The normalized spacial score (nSPS) is 18.3. The van der Waals surface area contributed by atoms with E-state index in [1.165, 1.54) is 11.3 Å². The number of hydrogen-bond donors (Lipinski definition) is 0. The number of rotatable bonds is 3. The molecule has 0 bridgehead atoms. The highest BCUT2D eigenvalue weighted by molar-refractivity contribution is 6.30. The van der Waals surface area contributed by atoms with Crippen LogP contribution in [-0.2, 0) is 4.74 Å². The zero-order valence-corrected chi connectivity index (χ0v) is 15.8. The van der Waals surface area contributed by atoms with E-state index >= 15 is 0 Å². The van der Waals surface area contributed by atoms with E-state index in [1.807, 2.05) is 6.07 Å². The Hall–Kier alpha value is -2.05. The van der Waals surface area contributed by atoms with Crippen LogP contribution in [0.2, 0.25) is 5.02 Å². The Morgan fingerprint density at radius 2 is 1.46 bits per heavy atom. The van der Waals surface area contributed by atoms with Crippen molar-refractivity contribution in [2.24, 2.45) is 0 Å². The Morgan fingerprint density at radius 3 is 2.15 bits per heavy atom. The SMILES string of the molecule is Cc1ccc(Cl)cc1N1CCN(c2cc(N3CCOCC3)ncn2)CC1. The van der Waals surface area contributed by atoms with Gasteiger partial charge in [-0.1, -0.05) is 17.7 Å². The highest BCUT2D eigenvalue weighted by Crippen LogP contribution is 2.26. The summed E-state index contributed by atoms with van der Waals surface area (Å²) in [5.74, 6) is 2.00.